The molecule has 19 heavy (non-hydrogen) atoms. The number of phenolic OH excluding ortho intramolecular Hbond substituents is 1. The van der Waals surface area contributed by atoms with Crippen LogP contribution >= 0.6 is 0 Å². The van der Waals surface area contributed by atoms with E-state index in [-0.39, 0.29) is 5.75 Å². The lowest BCUT2D eigenvalue weighted by molar-refractivity contribution is 0.282. The normalized spacial score (nSPS) is 10.8. The maximum absolute atomic E-state index is 9.67. The van der Waals surface area contributed by atoms with Crippen LogP contribution in [0.4, 0.5) is 0 Å². The van der Waals surface area contributed by atoms with Crippen molar-refractivity contribution < 1.29 is 9.84 Å². The van der Waals surface area contributed by atoms with E-state index in [9.17, 15) is 5.11 Å². The number of hydrogen-bond donors (Lipinski definition) is 1. The number of aryl methyl sites for hydroxylation is 1. The lowest BCUT2D eigenvalue weighted by atomic mass is 10.2. The van der Waals surface area contributed by atoms with Crippen LogP contribution in [0, 0.1) is 0 Å². The lowest BCUT2D eigenvalue weighted by Crippen LogP contribution is -2.01. The Hall–Kier alpha value is -2.42. The molecule has 96 valence electrons. The molecule has 1 heterocycles. The van der Waals surface area contributed by atoms with Gasteiger partial charge in [0.1, 0.15) is 6.61 Å². The second-order valence-electron chi connectivity index (χ2n) is 4.51. The fourth-order valence-corrected chi connectivity index (χ4v) is 2.22. The maximum Gasteiger partial charge on any atom is 0.161 e. The third-order valence-corrected chi connectivity index (χ3v) is 3.29. The Bertz CT molecular complexity index is 716. The smallest absolute Gasteiger partial charge is 0.161 e. The second kappa shape index (κ2) is 4.69. The summed E-state index contributed by atoms with van der Waals surface area (Å²) < 4.78 is 7.77. The van der Waals surface area contributed by atoms with Crippen LogP contribution in [0.15, 0.2) is 54.6 Å². The monoisotopic (exact) mass is 253 g/mol. The molecule has 3 heteroatoms. The molecule has 0 amide bonds. The minimum atomic E-state index is 0.168. The number of hydrogen-bond acceptors (Lipinski definition) is 2. The third-order valence-electron chi connectivity index (χ3n) is 3.29. The highest BCUT2D eigenvalue weighted by Crippen LogP contribution is 2.26. The van der Waals surface area contributed by atoms with Gasteiger partial charge in [-0.2, -0.15) is 0 Å². The van der Waals surface area contributed by atoms with Crippen LogP contribution in [-0.4, -0.2) is 9.67 Å². The topological polar surface area (TPSA) is 34.4 Å². The van der Waals surface area contributed by atoms with E-state index in [1.165, 1.54) is 10.9 Å². The number of aromatic hydroxyl groups is 1. The summed E-state index contributed by atoms with van der Waals surface area (Å²) in [6.45, 7) is 0.433. The molecule has 3 rings (SSSR count). The molecule has 0 atom stereocenters. The van der Waals surface area contributed by atoms with E-state index in [0.717, 1.165) is 5.69 Å². The summed E-state index contributed by atoms with van der Waals surface area (Å²) in [5.41, 5.74) is 2.25. The molecule has 3 aromatic rings. The first-order valence-electron chi connectivity index (χ1n) is 6.20. The minimum absolute atomic E-state index is 0.168. The van der Waals surface area contributed by atoms with E-state index in [4.69, 9.17) is 4.74 Å². The van der Waals surface area contributed by atoms with Crippen molar-refractivity contribution in [1.29, 1.82) is 0 Å². The quantitative estimate of drug-likeness (QED) is 0.775. The number of nitrogens with zero attached hydrogens (tertiary/aromatic N) is 1. The molecular formula is C16H15NO2. The molecule has 0 bridgehead atoms. The van der Waals surface area contributed by atoms with E-state index in [2.05, 4.69) is 22.8 Å². The zero-order chi connectivity index (χ0) is 13.2. The summed E-state index contributed by atoms with van der Waals surface area (Å²) in [6.07, 6.45) is 0. The van der Waals surface area contributed by atoms with Gasteiger partial charge in [0.25, 0.3) is 0 Å². The van der Waals surface area contributed by atoms with Gasteiger partial charge in [-0.3, -0.25) is 0 Å². The minimum Gasteiger partial charge on any atom is -0.504 e. The SMILES string of the molecule is Cn1c(COc2ccccc2O)cc2ccccc21. The van der Waals surface area contributed by atoms with Gasteiger partial charge >= 0.3 is 0 Å². The summed E-state index contributed by atoms with van der Waals surface area (Å²) >= 11 is 0. The van der Waals surface area contributed by atoms with Gasteiger partial charge in [0.2, 0.25) is 0 Å². The van der Waals surface area contributed by atoms with Crippen LogP contribution in [0.2, 0.25) is 0 Å². The number of para-hydroxylation sites is 3. The van der Waals surface area contributed by atoms with Crippen LogP contribution in [0.5, 0.6) is 11.5 Å². The zero-order valence-electron chi connectivity index (χ0n) is 10.7. The number of benzene rings is 2. The average molecular weight is 253 g/mol. The molecule has 0 radical (unpaired) electrons. The van der Waals surface area contributed by atoms with E-state index in [0.29, 0.717) is 12.4 Å². The molecule has 1 aromatic heterocycles. The van der Waals surface area contributed by atoms with Gasteiger partial charge in [-0.25, -0.2) is 0 Å². The van der Waals surface area contributed by atoms with Gasteiger partial charge in [0.05, 0.1) is 5.69 Å². The molecular weight excluding hydrogens is 238 g/mol. The maximum atomic E-state index is 9.67. The molecule has 1 N–H and O–H groups in total. The van der Waals surface area contributed by atoms with Gasteiger partial charge in [-0.1, -0.05) is 30.3 Å². The predicted octanol–water partition coefficient (Wildman–Crippen LogP) is 3.46. The predicted molar refractivity (Wildman–Crippen MR) is 75.4 cm³/mol. The van der Waals surface area contributed by atoms with Gasteiger partial charge in [-0.15, -0.1) is 0 Å². The van der Waals surface area contributed by atoms with Crippen molar-refractivity contribution in [1.82, 2.24) is 4.57 Å². The third kappa shape index (κ3) is 2.15. The van der Waals surface area contributed by atoms with E-state index >= 15 is 0 Å². The Morgan fingerprint density at radius 1 is 1.05 bits per heavy atom. The Kier molecular flexibility index (Phi) is 2.88. The molecule has 3 nitrogen and oxygen atoms in total. The van der Waals surface area contributed by atoms with Crippen molar-refractivity contribution in [2.75, 3.05) is 0 Å². The van der Waals surface area contributed by atoms with Gasteiger partial charge in [0.15, 0.2) is 11.5 Å². The van der Waals surface area contributed by atoms with E-state index in [1.54, 1.807) is 18.2 Å². The van der Waals surface area contributed by atoms with Crippen molar-refractivity contribution >= 4 is 10.9 Å². The summed E-state index contributed by atoms with van der Waals surface area (Å²) in [7, 11) is 2.02. The molecule has 0 aliphatic carbocycles. The molecule has 2 aromatic carbocycles. The van der Waals surface area contributed by atoms with Gasteiger partial charge in [-0.05, 0) is 29.7 Å². The number of aromatic nitrogens is 1. The van der Waals surface area contributed by atoms with Crippen molar-refractivity contribution in [2.45, 2.75) is 6.61 Å². The zero-order valence-corrected chi connectivity index (χ0v) is 10.7. The average Bonchev–Trinajstić information content (AvgIpc) is 2.75. The van der Waals surface area contributed by atoms with Crippen LogP contribution in [0.25, 0.3) is 10.9 Å². The molecule has 0 aliphatic rings. The van der Waals surface area contributed by atoms with E-state index in [1.807, 2.05) is 25.2 Å². The van der Waals surface area contributed by atoms with Crippen molar-refractivity contribution in [2.24, 2.45) is 7.05 Å². The van der Waals surface area contributed by atoms with Gasteiger partial charge < -0.3 is 14.4 Å². The van der Waals surface area contributed by atoms with Crippen LogP contribution in [0.1, 0.15) is 5.69 Å². The molecule has 0 spiro atoms. The number of phenols is 1. The Morgan fingerprint density at radius 3 is 2.58 bits per heavy atom. The molecule has 0 saturated carbocycles. The standard InChI is InChI=1S/C16H15NO2/c1-17-13(10-12-6-2-3-7-14(12)17)11-19-16-9-5-4-8-15(16)18/h2-10,18H,11H2,1H3. The first kappa shape index (κ1) is 11.7. The molecule has 0 fully saturated rings. The fraction of sp³-hybridized carbons (Fsp3) is 0.125. The molecule has 0 saturated heterocycles. The first-order valence-corrected chi connectivity index (χ1v) is 6.20. The van der Waals surface area contributed by atoms with Crippen molar-refractivity contribution in [3.8, 4) is 11.5 Å². The summed E-state index contributed by atoms with van der Waals surface area (Å²) in [4.78, 5) is 0. The summed E-state index contributed by atoms with van der Waals surface area (Å²) in [6, 6.07) is 17.3. The summed E-state index contributed by atoms with van der Waals surface area (Å²) in [5, 5.41) is 10.9. The second-order valence-corrected chi connectivity index (χ2v) is 4.51. The fourth-order valence-electron chi connectivity index (χ4n) is 2.22. The highest BCUT2D eigenvalue weighted by Gasteiger charge is 2.07. The number of rotatable bonds is 3. The highest BCUT2D eigenvalue weighted by molar-refractivity contribution is 5.81. The lowest BCUT2D eigenvalue weighted by Gasteiger charge is -2.08. The summed E-state index contributed by atoms with van der Waals surface area (Å²) in [5.74, 6) is 0.675. The Morgan fingerprint density at radius 2 is 1.79 bits per heavy atom. The highest BCUT2D eigenvalue weighted by atomic mass is 16.5. The van der Waals surface area contributed by atoms with Crippen LogP contribution < -0.4 is 4.74 Å². The Balaban J connectivity index is 1.86. The largest absolute Gasteiger partial charge is 0.504 e. The van der Waals surface area contributed by atoms with Crippen LogP contribution in [-0.2, 0) is 13.7 Å². The molecule has 0 aliphatic heterocycles. The van der Waals surface area contributed by atoms with Crippen LogP contribution in [0.3, 0.4) is 0 Å². The number of ether oxygens (including phenoxy) is 1. The van der Waals surface area contributed by atoms with Crippen molar-refractivity contribution in [3.05, 3.63) is 60.3 Å². The van der Waals surface area contributed by atoms with Crippen molar-refractivity contribution in [3.63, 3.8) is 0 Å². The van der Waals surface area contributed by atoms with E-state index < -0.39 is 0 Å². The number of fused-ring (bicyclic) bond motifs is 1. The Labute approximate surface area is 111 Å². The first-order chi connectivity index (χ1) is 9.25. The van der Waals surface area contributed by atoms with Gasteiger partial charge in [0, 0.05) is 12.6 Å². The molecule has 0 unspecified atom stereocenters.